The lowest BCUT2D eigenvalue weighted by Gasteiger charge is -2.12. The number of aromatic nitrogens is 4. The van der Waals surface area contributed by atoms with Gasteiger partial charge in [-0.2, -0.15) is 9.97 Å². The Hall–Kier alpha value is -7.41. The first-order valence-electron chi connectivity index (χ1n) is 21.1. The fraction of sp³-hybridized carbons (Fsp3) is 0. The van der Waals surface area contributed by atoms with Crippen molar-refractivity contribution in [2.24, 2.45) is 0 Å². The summed E-state index contributed by atoms with van der Waals surface area (Å²) >= 11 is 1.72. The Morgan fingerprint density at radius 1 is 0.474 bits per heavy atom. The summed E-state index contributed by atoms with van der Waals surface area (Å²) in [5.74, 6) is 0.438. The summed E-state index contributed by atoms with van der Waals surface area (Å²) in [6.45, 7) is 0. The number of furan rings is 1. The first kappa shape index (κ1) is 27.2. The van der Waals surface area contributed by atoms with Crippen molar-refractivity contribution in [2.75, 3.05) is 0 Å². The number of hydrogen-bond donors (Lipinski definition) is 0. The molecule has 0 radical (unpaired) electrons. The number of thiophene rings is 1. The van der Waals surface area contributed by atoms with Crippen LogP contribution in [0.5, 0.6) is 0 Å². The number of rotatable bonds is 5. The van der Waals surface area contributed by atoms with E-state index >= 15 is 0 Å². The van der Waals surface area contributed by atoms with Gasteiger partial charge in [0, 0.05) is 58.4 Å². The maximum Gasteiger partial charge on any atom is 0.238 e. The zero-order chi connectivity index (χ0) is 41.8. The van der Waals surface area contributed by atoms with Crippen LogP contribution in [0.3, 0.4) is 0 Å². The first-order valence-corrected chi connectivity index (χ1v) is 19.4. The highest BCUT2D eigenvalue weighted by Gasteiger charge is 2.24. The van der Waals surface area contributed by atoms with Crippen molar-refractivity contribution in [3.63, 3.8) is 0 Å². The average molecular weight is 752 g/mol. The van der Waals surface area contributed by atoms with E-state index in [1.54, 1.807) is 11.3 Å². The second-order valence-corrected chi connectivity index (χ2v) is 15.1. The Bertz CT molecular complexity index is 3800. The van der Waals surface area contributed by atoms with Crippen molar-refractivity contribution in [3.8, 4) is 51.0 Å². The molecule has 0 aliphatic heterocycles. The van der Waals surface area contributed by atoms with Crippen LogP contribution in [0.15, 0.2) is 186 Å². The minimum Gasteiger partial charge on any atom is -0.456 e. The predicted molar refractivity (Wildman–Crippen MR) is 236 cm³/mol. The number of fused-ring (bicyclic) bond motifs is 9. The molecule has 8 aromatic carbocycles. The fourth-order valence-electron chi connectivity index (χ4n) is 8.33. The smallest absolute Gasteiger partial charge is 0.238 e. The lowest BCUT2D eigenvalue weighted by molar-refractivity contribution is 0.669. The SMILES string of the molecule is [2H]c1c([2H])c([2H])c(-c2nc(-c3ccc4c(c3)oc3cccc(-c5ccccc5)c34)nc(-n3c4ccccc4c4c(-c5ccccc5)c5c(cc43)sc3ccccc35)n2)c([2H])c1[2H]. The van der Waals surface area contributed by atoms with Gasteiger partial charge in [0.05, 0.1) is 17.9 Å². The van der Waals surface area contributed by atoms with Gasteiger partial charge < -0.3 is 4.42 Å². The minimum absolute atomic E-state index is 0.0461. The third-order valence-electron chi connectivity index (χ3n) is 10.8. The Morgan fingerprint density at radius 3 is 2.02 bits per heavy atom. The molecule has 5 nitrogen and oxygen atoms in total. The van der Waals surface area contributed by atoms with Crippen molar-refractivity contribution in [2.45, 2.75) is 0 Å². The van der Waals surface area contributed by atoms with Gasteiger partial charge in [-0.1, -0.05) is 145 Å². The maximum atomic E-state index is 8.99. The maximum absolute atomic E-state index is 8.99. The Kier molecular flexibility index (Phi) is 6.00. The molecule has 4 heterocycles. The molecule has 0 unspecified atom stereocenters. The highest BCUT2D eigenvalue weighted by Crippen LogP contribution is 2.48. The molecule has 57 heavy (non-hydrogen) atoms. The van der Waals surface area contributed by atoms with Crippen LogP contribution in [0.2, 0.25) is 0 Å². The molecule has 266 valence electrons. The molecule has 0 bridgehead atoms. The molecule has 0 aliphatic carbocycles. The van der Waals surface area contributed by atoms with Crippen LogP contribution in [0, 0.1) is 0 Å². The summed E-state index contributed by atoms with van der Waals surface area (Å²) in [5, 5.41) is 6.26. The van der Waals surface area contributed by atoms with Gasteiger partial charge in [-0.25, -0.2) is 4.98 Å². The second-order valence-electron chi connectivity index (χ2n) is 14.0. The number of nitrogens with zero attached hydrogens (tertiary/aromatic N) is 4. The van der Waals surface area contributed by atoms with Crippen LogP contribution < -0.4 is 0 Å². The monoisotopic (exact) mass is 751 g/mol. The van der Waals surface area contributed by atoms with Crippen LogP contribution in [0.1, 0.15) is 6.85 Å². The summed E-state index contributed by atoms with van der Waals surface area (Å²) in [4.78, 5) is 15.1. The molecule has 12 rings (SSSR count). The van der Waals surface area contributed by atoms with Gasteiger partial charge in [0.25, 0.3) is 0 Å². The molecule has 0 fully saturated rings. The standard InChI is InChI=1S/C51H30N4OS/c1-4-15-31(16-5-1)35-23-14-25-41-46(35)37-28-27-34(29-42(37)56-41)50-52-49(33-19-8-3-9-20-33)53-51(54-50)55-39-24-12-10-21-36(39)47-40(55)30-44-48(38-22-11-13-26-43(38)57-44)45(47)32-17-6-2-7-18-32/h1-30H/i3D,8D,9D,19D,20D. The van der Waals surface area contributed by atoms with E-state index in [-0.39, 0.29) is 23.2 Å². The van der Waals surface area contributed by atoms with Gasteiger partial charge in [0.15, 0.2) is 11.6 Å². The zero-order valence-electron chi connectivity index (χ0n) is 35.0. The van der Waals surface area contributed by atoms with Crippen LogP contribution in [0.25, 0.3) is 115 Å². The van der Waals surface area contributed by atoms with Crippen molar-refractivity contribution in [1.82, 2.24) is 19.5 Å². The van der Waals surface area contributed by atoms with E-state index in [1.807, 2.05) is 77.4 Å². The summed E-state index contributed by atoms with van der Waals surface area (Å²) in [7, 11) is 0. The third kappa shape index (κ3) is 4.98. The molecule has 6 heteroatoms. The number of hydrogen-bond acceptors (Lipinski definition) is 5. The van der Waals surface area contributed by atoms with Gasteiger partial charge in [-0.05, 0) is 53.1 Å². The first-order chi connectivity index (χ1) is 30.3. The average Bonchev–Trinajstić information content (AvgIpc) is 3.99. The predicted octanol–water partition coefficient (Wildman–Crippen LogP) is 13.9. The summed E-state index contributed by atoms with van der Waals surface area (Å²) in [5.41, 5.74) is 7.84. The molecular formula is C51H30N4OS. The van der Waals surface area contributed by atoms with E-state index in [0.29, 0.717) is 11.1 Å². The Morgan fingerprint density at radius 2 is 1.19 bits per heavy atom. The Balaban J connectivity index is 1.17. The molecule has 0 spiro atoms. The highest BCUT2D eigenvalue weighted by atomic mass is 32.1. The number of para-hydroxylation sites is 1. The molecule has 4 aromatic heterocycles. The van der Waals surface area contributed by atoms with Crippen molar-refractivity contribution in [3.05, 3.63) is 182 Å². The molecule has 0 amide bonds. The van der Waals surface area contributed by atoms with Gasteiger partial charge in [0.1, 0.15) is 11.2 Å². The lowest BCUT2D eigenvalue weighted by atomic mass is 9.94. The quantitative estimate of drug-likeness (QED) is 0.176. The fourth-order valence-corrected chi connectivity index (χ4v) is 9.48. The molecule has 0 saturated carbocycles. The zero-order valence-corrected chi connectivity index (χ0v) is 30.9. The molecule has 0 N–H and O–H groups in total. The Labute approximate surface area is 337 Å². The van der Waals surface area contributed by atoms with Crippen molar-refractivity contribution < 1.29 is 11.3 Å². The van der Waals surface area contributed by atoms with Gasteiger partial charge in [-0.15, -0.1) is 11.3 Å². The lowest BCUT2D eigenvalue weighted by Crippen LogP contribution is -2.06. The van der Waals surface area contributed by atoms with Crippen LogP contribution in [-0.2, 0) is 0 Å². The molecule has 12 aromatic rings. The minimum atomic E-state index is -0.494. The third-order valence-corrected chi connectivity index (χ3v) is 11.9. The molecule has 0 saturated heterocycles. The van der Waals surface area contributed by atoms with Crippen LogP contribution in [-0.4, -0.2) is 19.5 Å². The normalized spacial score (nSPS) is 13.1. The van der Waals surface area contributed by atoms with Gasteiger partial charge in [-0.3, -0.25) is 4.57 Å². The van der Waals surface area contributed by atoms with Crippen molar-refractivity contribution >= 4 is 75.3 Å². The second kappa shape index (κ2) is 12.6. The van der Waals surface area contributed by atoms with Crippen molar-refractivity contribution in [1.29, 1.82) is 0 Å². The molecule has 0 atom stereocenters. The van der Waals surface area contributed by atoms with Crippen LogP contribution in [0.4, 0.5) is 0 Å². The number of benzene rings is 8. The summed E-state index contributed by atoms with van der Waals surface area (Å²) in [6.07, 6.45) is 0. The topological polar surface area (TPSA) is 56.7 Å². The summed E-state index contributed by atoms with van der Waals surface area (Å²) in [6, 6.07) is 49.1. The summed E-state index contributed by atoms with van der Waals surface area (Å²) < 4.78 is 54.2. The highest BCUT2D eigenvalue weighted by molar-refractivity contribution is 7.26. The molecular weight excluding hydrogens is 717 g/mol. The van der Waals surface area contributed by atoms with E-state index in [9.17, 15) is 0 Å². The van der Waals surface area contributed by atoms with Gasteiger partial charge in [0.2, 0.25) is 5.95 Å². The van der Waals surface area contributed by atoms with Gasteiger partial charge >= 0.3 is 0 Å². The van der Waals surface area contributed by atoms with E-state index < -0.39 is 30.2 Å². The van der Waals surface area contributed by atoms with E-state index in [4.69, 9.17) is 26.2 Å². The van der Waals surface area contributed by atoms with Crippen LogP contribution >= 0.6 is 11.3 Å². The van der Waals surface area contributed by atoms with E-state index in [1.165, 1.54) is 10.1 Å². The van der Waals surface area contributed by atoms with E-state index in [0.717, 1.165) is 70.5 Å². The largest absolute Gasteiger partial charge is 0.456 e. The van der Waals surface area contributed by atoms with E-state index in [2.05, 4.69) is 78.9 Å². The molecule has 0 aliphatic rings.